The van der Waals surface area contributed by atoms with E-state index in [2.05, 4.69) is 57.6 Å². The summed E-state index contributed by atoms with van der Waals surface area (Å²) in [5.74, 6) is 0.755. The highest BCUT2D eigenvalue weighted by Crippen LogP contribution is 2.37. The van der Waals surface area contributed by atoms with E-state index < -0.39 is 0 Å². The van der Waals surface area contributed by atoms with Crippen molar-refractivity contribution in [2.24, 2.45) is 0 Å². The van der Waals surface area contributed by atoms with Gasteiger partial charge in [0, 0.05) is 47.7 Å². The second-order valence-electron chi connectivity index (χ2n) is 10.4. The average molecular weight is 460 g/mol. The normalized spacial score (nSPS) is 18.1. The molecule has 0 unspecified atom stereocenters. The fourth-order valence-electron chi connectivity index (χ4n) is 5.76. The third-order valence-corrected chi connectivity index (χ3v) is 7.77. The molecule has 0 radical (unpaired) electrons. The Morgan fingerprint density at radius 3 is 2.35 bits per heavy atom. The molecule has 0 atom stereocenters. The number of anilines is 2. The average Bonchev–Trinajstić information content (AvgIpc) is 3.06. The number of nitrogens with zero attached hydrogens (tertiary/aromatic N) is 3. The summed E-state index contributed by atoms with van der Waals surface area (Å²) >= 11 is 0. The quantitative estimate of drug-likeness (QED) is 0.265. The van der Waals surface area contributed by atoms with Crippen LogP contribution in [-0.4, -0.2) is 27.1 Å². The number of nitrogens with one attached hydrogen (secondary N) is 2. The highest BCUT2D eigenvalue weighted by atomic mass is 15.2. The van der Waals surface area contributed by atoms with Crippen molar-refractivity contribution < 1.29 is 0 Å². The van der Waals surface area contributed by atoms with E-state index in [9.17, 15) is 0 Å². The summed E-state index contributed by atoms with van der Waals surface area (Å²) in [5, 5.41) is 8.37. The monoisotopic (exact) mass is 459 g/mol. The lowest BCUT2D eigenvalue weighted by Gasteiger charge is -2.23. The molecular weight excluding hydrogens is 418 g/mol. The lowest BCUT2D eigenvalue weighted by molar-refractivity contribution is 0.360. The van der Waals surface area contributed by atoms with Crippen molar-refractivity contribution in [2.45, 2.75) is 102 Å². The first-order chi connectivity index (χ1) is 16.8. The maximum absolute atomic E-state index is 5.00. The summed E-state index contributed by atoms with van der Waals surface area (Å²) in [6.45, 7) is 3.14. The minimum atomic E-state index is 0.541. The molecule has 0 amide bonds. The zero-order valence-electron chi connectivity index (χ0n) is 20.9. The van der Waals surface area contributed by atoms with Crippen molar-refractivity contribution in [3.8, 4) is 11.1 Å². The van der Waals surface area contributed by atoms with E-state index >= 15 is 0 Å². The van der Waals surface area contributed by atoms with Crippen LogP contribution >= 0.6 is 0 Å². The molecule has 2 saturated carbocycles. The van der Waals surface area contributed by atoms with Gasteiger partial charge < -0.3 is 15.2 Å². The smallest absolute Gasteiger partial charge is 0.224 e. The summed E-state index contributed by atoms with van der Waals surface area (Å²) in [5.41, 5.74) is 4.82. The molecule has 5 rings (SSSR count). The fourth-order valence-corrected chi connectivity index (χ4v) is 5.76. The van der Waals surface area contributed by atoms with Crippen molar-refractivity contribution in [3.05, 3.63) is 36.7 Å². The first kappa shape index (κ1) is 23.2. The molecule has 0 bridgehead atoms. The zero-order chi connectivity index (χ0) is 23.2. The summed E-state index contributed by atoms with van der Waals surface area (Å²) in [4.78, 5) is 9.68. The molecule has 2 aliphatic rings. The topological polar surface area (TPSA) is 54.8 Å². The molecule has 2 heterocycles. The molecule has 3 aromatic rings. The Morgan fingerprint density at radius 1 is 0.912 bits per heavy atom. The number of fused-ring (bicyclic) bond motifs is 1. The largest absolute Gasteiger partial charge is 0.382 e. The van der Waals surface area contributed by atoms with Crippen LogP contribution in [0.25, 0.3) is 22.2 Å². The van der Waals surface area contributed by atoms with Crippen LogP contribution in [0.5, 0.6) is 0 Å². The van der Waals surface area contributed by atoms with Crippen molar-refractivity contribution in [1.82, 2.24) is 14.5 Å². The highest BCUT2D eigenvalue weighted by molar-refractivity contribution is 5.94. The van der Waals surface area contributed by atoms with Gasteiger partial charge in [0.2, 0.25) is 5.95 Å². The molecule has 182 valence electrons. The molecule has 0 spiro atoms. The molecule has 2 N–H and O–H groups in total. The number of hydrogen-bond donors (Lipinski definition) is 2. The lowest BCUT2D eigenvalue weighted by Crippen LogP contribution is -2.17. The van der Waals surface area contributed by atoms with Crippen LogP contribution in [-0.2, 0) is 0 Å². The molecule has 0 aliphatic heterocycles. The second kappa shape index (κ2) is 11.2. The van der Waals surface area contributed by atoms with E-state index in [1.165, 1.54) is 93.9 Å². The number of unbranched alkanes of at least 4 members (excludes halogenated alkanes) is 1. The molecule has 0 saturated heterocycles. The number of aromatic nitrogens is 3. The van der Waals surface area contributed by atoms with Crippen LogP contribution in [0.1, 0.15) is 96.4 Å². The van der Waals surface area contributed by atoms with Crippen LogP contribution in [0.2, 0.25) is 0 Å². The van der Waals surface area contributed by atoms with Gasteiger partial charge in [-0.05, 0) is 49.8 Å². The molecule has 5 heteroatoms. The summed E-state index contributed by atoms with van der Waals surface area (Å²) < 4.78 is 2.45. The molecular formula is C29H41N5. The number of hydrogen-bond acceptors (Lipinski definition) is 4. The second-order valence-corrected chi connectivity index (χ2v) is 10.4. The van der Waals surface area contributed by atoms with Crippen LogP contribution in [0.3, 0.4) is 0 Å². The van der Waals surface area contributed by atoms with Crippen molar-refractivity contribution in [1.29, 1.82) is 0 Å². The van der Waals surface area contributed by atoms with E-state index in [-0.39, 0.29) is 0 Å². The van der Waals surface area contributed by atoms with E-state index in [4.69, 9.17) is 4.98 Å². The Bertz CT molecular complexity index is 1040. The highest BCUT2D eigenvalue weighted by Gasteiger charge is 2.21. The van der Waals surface area contributed by atoms with E-state index in [1.807, 2.05) is 6.20 Å². The molecule has 1 aromatic carbocycles. The van der Waals surface area contributed by atoms with Gasteiger partial charge in [-0.1, -0.05) is 70.4 Å². The lowest BCUT2D eigenvalue weighted by atomic mass is 9.95. The van der Waals surface area contributed by atoms with Gasteiger partial charge >= 0.3 is 0 Å². The summed E-state index contributed by atoms with van der Waals surface area (Å²) in [6.07, 6.45) is 21.2. The summed E-state index contributed by atoms with van der Waals surface area (Å²) in [6, 6.07) is 10.2. The Kier molecular flexibility index (Phi) is 7.67. The predicted molar refractivity (Wildman–Crippen MR) is 144 cm³/mol. The van der Waals surface area contributed by atoms with Gasteiger partial charge in [-0.2, -0.15) is 4.98 Å². The van der Waals surface area contributed by atoms with Gasteiger partial charge in [-0.15, -0.1) is 0 Å². The van der Waals surface area contributed by atoms with Crippen LogP contribution < -0.4 is 10.6 Å². The van der Waals surface area contributed by atoms with Crippen LogP contribution in [0, 0.1) is 0 Å². The van der Waals surface area contributed by atoms with Gasteiger partial charge in [0.05, 0.1) is 0 Å². The predicted octanol–water partition coefficient (Wildman–Crippen LogP) is 7.95. The molecule has 2 fully saturated rings. The molecule has 2 aliphatic carbocycles. The van der Waals surface area contributed by atoms with Crippen molar-refractivity contribution >= 4 is 22.7 Å². The van der Waals surface area contributed by atoms with Gasteiger partial charge in [-0.3, -0.25) is 0 Å². The van der Waals surface area contributed by atoms with Gasteiger partial charge in [0.15, 0.2) is 0 Å². The molecule has 34 heavy (non-hydrogen) atoms. The van der Waals surface area contributed by atoms with E-state index in [1.54, 1.807) is 0 Å². The van der Waals surface area contributed by atoms with Gasteiger partial charge in [-0.25, -0.2) is 4.98 Å². The molecule has 2 aromatic heterocycles. The first-order valence-corrected chi connectivity index (χ1v) is 13.8. The minimum absolute atomic E-state index is 0.541. The van der Waals surface area contributed by atoms with Crippen LogP contribution in [0.15, 0.2) is 36.7 Å². The number of rotatable bonds is 8. The van der Waals surface area contributed by atoms with Gasteiger partial charge in [0.1, 0.15) is 5.65 Å². The third kappa shape index (κ3) is 5.39. The standard InChI is InChI=1S/C29H41N5/c1-2-3-19-30-29-31-20-26-27(21-34(28(26)33-29)25-13-9-6-10-14-25)22-15-17-24(18-16-22)32-23-11-7-4-5-8-12-23/h15-18,20-21,23,25,32H,2-14,19H2,1H3,(H,30,31,33). The van der Waals surface area contributed by atoms with E-state index in [0.29, 0.717) is 12.1 Å². The SMILES string of the molecule is CCCCNc1ncc2c(-c3ccc(NC4CCCCCC4)cc3)cn(C3CCCCC3)c2n1. The fraction of sp³-hybridized carbons (Fsp3) is 0.586. The maximum atomic E-state index is 5.00. The first-order valence-electron chi connectivity index (χ1n) is 13.8. The Morgan fingerprint density at radius 2 is 1.62 bits per heavy atom. The van der Waals surface area contributed by atoms with Crippen LogP contribution in [0.4, 0.5) is 11.6 Å². The Balaban J connectivity index is 1.42. The van der Waals surface area contributed by atoms with Crippen molar-refractivity contribution in [2.75, 3.05) is 17.2 Å². The number of benzene rings is 1. The third-order valence-electron chi connectivity index (χ3n) is 7.77. The van der Waals surface area contributed by atoms with E-state index in [0.717, 1.165) is 29.9 Å². The minimum Gasteiger partial charge on any atom is -0.382 e. The summed E-state index contributed by atoms with van der Waals surface area (Å²) in [7, 11) is 0. The zero-order valence-corrected chi connectivity index (χ0v) is 20.9. The van der Waals surface area contributed by atoms with Crippen molar-refractivity contribution in [3.63, 3.8) is 0 Å². The van der Waals surface area contributed by atoms with Gasteiger partial charge in [0.25, 0.3) is 0 Å². The Labute approximate surface area is 204 Å². The Hall–Kier alpha value is -2.56. The maximum Gasteiger partial charge on any atom is 0.224 e. The molecule has 5 nitrogen and oxygen atoms in total.